The highest BCUT2D eigenvalue weighted by molar-refractivity contribution is 6.01. The minimum atomic E-state index is -0.993. The van der Waals surface area contributed by atoms with E-state index in [0.717, 1.165) is 24.8 Å². The summed E-state index contributed by atoms with van der Waals surface area (Å²) in [5.41, 5.74) is -0.509. The van der Waals surface area contributed by atoms with Crippen molar-refractivity contribution < 1.29 is 24.5 Å². The van der Waals surface area contributed by atoms with E-state index >= 15 is 0 Å². The molecule has 8 atom stereocenters. The summed E-state index contributed by atoms with van der Waals surface area (Å²) in [5.74, 6) is 0.125. The molecule has 2 N–H and O–H groups in total. The van der Waals surface area contributed by atoms with Crippen LogP contribution in [-0.4, -0.2) is 46.2 Å². The molecule has 5 rings (SSSR count). The highest BCUT2D eigenvalue weighted by Crippen LogP contribution is 2.68. The van der Waals surface area contributed by atoms with E-state index in [-0.39, 0.29) is 23.2 Å². The Morgan fingerprint density at radius 2 is 1.93 bits per heavy atom. The van der Waals surface area contributed by atoms with Crippen molar-refractivity contribution in [3.8, 4) is 0 Å². The summed E-state index contributed by atoms with van der Waals surface area (Å²) >= 11 is 0. The van der Waals surface area contributed by atoms with E-state index in [4.69, 9.17) is 9.47 Å². The summed E-state index contributed by atoms with van der Waals surface area (Å²) < 4.78 is 11.9. The average molecular weight is 403 g/mol. The van der Waals surface area contributed by atoms with Crippen LogP contribution in [-0.2, 0) is 14.3 Å². The van der Waals surface area contributed by atoms with E-state index in [0.29, 0.717) is 31.3 Å². The molecule has 0 amide bonds. The summed E-state index contributed by atoms with van der Waals surface area (Å²) in [6.45, 7) is 8.52. The molecule has 3 saturated carbocycles. The largest absolute Gasteiger partial charge is 0.393 e. The number of aliphatic hydroxyl groups is 2. The SMILES string of the molecule is CC1(C)OC[C@H]([C@@]2(O)CC[C@H]3[C@@H]4CCC5=CC(=O)C=C[C@]5(C)[C@H]4[C@@H](O)C[C@@]32C)O1. The summed E-state index contributed by atoms with van der Waals surface area (Å²) in [7, 11) is 0. The first kappa shape index (κ1) is 19.9. The van der Waals surface area contributed by atoms with Gasteiger partial charge in [0.05, 0.1) is 18.3 Å². The van der Waals surface area contributed by atoms with E-state index in [1.807, 2.05) is 19.9 Å². The fourth-order valence-corrected chi connectivity index (χ4v) is 7.82. The Bertz CT molecular complexity index is 799. The summed E-state index contributed by atoms with van der Waals surface area (Å²) in [6, 6.07) is 0. The lowest BCUT2D eigenvalue weighted by atomic mass is 9.46. The predicted molar refractivity (Wildman–Crippen MR) is 108 cm³/mol. The van der Waals surface area contributed by atoms with Gasteiger partial charge in [0.1, 0.15) is 6.10 Å². The number of hydrogen-bond acceptors (Lipinski definition) is 5. The van der Waals surface area contributed by atoms with Gasteiger partial charge in [-0.1, -0.05) is 25.5 Å². The molecule has 5 nitrogen and oxygen atoms in total. The molecule has 1 heterocycles. The van der Waals surface area contributed by atoms with Crippen molar-refractivity contribution in [2.45, 2.75) is 83.4 Å². The molecule has 1 aliphatic heterocycles. The standard InChI is InChI=1S/C24H34O5/c1-21(2)28-13-19(29-21)24(27)10-8-17-16-6-5-14-11-15(25)7-9-22(14,3)20(16)18(26)12-23(17,24)4/h7,9,11,16-20,26-27H,5-6,8,10,12-13H2,1-4H3/t16-,17-,18-,19+,20+,22-,23-,24-/m0/s1. The van der Waals surface area contributed by atoms with Crippen LogP contribution >= 0.6 is 0 Å². The number of carbonyl (C=O) groups excluding carboxylic acids is 1. The van der Waals surface area contributed by atoms with Gasteiger partial charge in [-0.3, -0.25) is 4.79 Å². The second-order valence-electron chi connectivity index (χ2n) is 11.0. The summed E-state index contributed by atoms with van der Waals surface area (Å²) in [6.07, 6.45) is 8.64. The predicted octanol–water partition coefficient (Wildman–Crippen LogP) is 3.15. The van der Waals surface area contributed by atoms with E-state index in [2.05, 4.69) is 13.8 Å². The van der Waals surface area contributed by atoms with Gasteiger partial charge in [0.2, 0.25) is 0 Å². The quantitative estimate of drug-likeness (QED) is 0.705. The molecule has 160 valence electrons. The minimum Gasteiger partial charge on any atom is -0.393 e. The lowest BCUT2D eigenvalue weighted by Gasteiger charge is -2.60. The molecule has 0 unspecified atom stereocenters. The van der Waals surface area contributed by atoms with Crippen LogP contribution in [0.3, 0.4) is 0 Å². The molecule has 0 spiro atoms. The van der Waals surface area contributed by atoms with E-state index in [9.17, 15) is 15.0 Å². The molecule has 29 heavy (non-hydrogen) atoms. The summed E-state index contributed by atoms with van der Waals surface area (Å²) in [4.78, 5) is 11.9. The van der Waals surface area contributed by atoms with Gasteiger partial charge < -0.3 is 19.7 Å². The van der Waals surface area contributed by atoms with Crippen molar-refractivity contribution in [2.24, 2.45) is 28.6 Å². The Kier molecular flexibility index (Phi) is 4.14. The third-order valence-corrected chi connectivity index (χ3v) is 9.25. The van der Waals surface area contributed by atoms with Crippen LogP contribution < -0.4 is 0 Å². The van der Waals surface area contributed by atoms with Gasteiger partial charge in [-0.25, -0.2) is 0 Å². The van der Waals surface area contributed by atoms with Crippen LogP contribution in [0.2, 0.25) is 0 Å². The van der Waals surface area contributed by atoms with Gasteiger partial charge in [-0.2, -0.15) is 0 Å². The molecule has 0 aromatic rings. The molecule has 1 saturated heterocycles. The zero-order valence-corrected chi connectivity index (χ0v) is 18.0. The lowest BCUT2D eigenvalue weighted by molar-refractivity contribution is -0.219. The Hall–Kier alpha value is -1.01. The van der Waals surface area contributed by atoms with Crippen LogP contribution in [0, 0.1) is 28.6 Å². The average Bonchev–Trinajstić information content (AvgIpc) is 3.13. The Morgan fingerprint density at radius 3 is 2.62 bits per heavy atom. The highest BCUT2D eigenvalue weighted by atomic mass is 16.7. The molecule has 5 heteroatoms. The zero-order chi connectivity index (χ0) is 20.8. The number of ketones is 1. The molecule has 0 aromatic heterocycles. The van der Waals surface area contributed by atoms with Crippen molar-refractivity contribution in [1.29, 1.82) is 0 Å². The summed E-state index contributed by atoms with van der Waals surface area (Å²) in [5, 5.41) is 23.4. The first-order chi connectivity index (χ1) is 13.5. The minimum absolute atomic E-state index is 0.0577. The van der Waals surface area contributed by atoms with Crippen LogP contribution in [0.15, 0.2) is 23.8 Å². The van der Waals surface area contributed by atoms with Gasteiger partial charge >= 0.3 is 0 Å². The van der Waals surface area contributed by atoms with Crippen molar-refractivity contribution in [3.63, 3.8) is 0 Å². The van der Waals surface area contributed by atoms with Crippen LogP contribution in [0.5, 0.6) is 0 Å². The maximum atomic E-state index is 11.9. The fraction of sp³-hybridized carbons (Fsp3) is 0.792. The lowest BCUT2D eigenvalue weighted by Crippen LogP contribution is -2.62. The Labute approximate surface area is 173 Å². The van der Waals surface area contributed by atoms with E-state index in [1.165, 1.54) is 0 Å². The molecule has 4 aliphatic carbocycles. The third kappa shape index (κ3) is 2.57. The molecular formula is C24H34O5. The van der Waals surface area contributed by atoms with Gasteiger partial charge in [0.15, 0.2) is 11.6 Å². The number of fused-ring (bicyclic) bond motifs is 5. The van der Waals surface area contributed by atoms with E-state index in [1.54, 1.807) is 12.2 Å². The zero-order valence-electron chi connectivity index (χ0n) is 18.0. The molecule has 5 aliphatic rings. The van der Waals surface area contributed by atoms with Crippen LogP contribution in [0.25, 0.3) is 0 Å². The monoisotopic (exact) mass is 402 g/mol. The van der Waals surface area contributed by atoms with Gasteiger partial charge in [-0.05, 0) is 69.9 Å². The number of aliphatic hydroxyl groups excluding tert-OH is 1. The van der Waals surface area contributed by atoms with Crippen LogP contribution in [0.1, 0.15) is 59.8 Å². The number of allylic oxidation sites excluding steroid dienone is 4. The number of ether oxygens (including phenoxy) is 2. The van der Waals surface area contributed by atoms with Crippen molar-refractivity contribution in [1.82, 2.24) is 0 Å². The molecule has 0 bridgehead atoms. The molecule has 4 fully saturated rings. The topological polar surface area (TPSA) is 76.0 Å². The normalized spacial score (nSPS) is 53.2. The maximum absolute atomic E-state index is 11.9. The van der Waals surface area contributed by atoms with Gasteiger partial charge in [-0.15, -0.1) is 0 Å². The maximum Gasteiger partial charge on any atom is 0.178 e. The highest BCUT2D eigenvalue weighted by Gasteiger charge is 2.69. The van der Waals surface area contributed by atoms with Crippen molar-refractivity contribution >= 4 is 5.78 Å². The first-order valence-electron chi connectivity index (χ1n) is 11.2. The Balaban J connectivity index is 1.50. The van der Waals surface area contributed by atoms with E-state index < -0.39 is 22.9 Å². The number of rotatable bonds is 1. The second kappa shape index (κ2) is 6.03. The Morgan fingerprint density at radius 1 is 1.17 bits per heavy atom. The molecule has 0 radical (unpaired) electrons. The molecular weight excluding hydrogens is 368 g/mol. The smallest absolute Gasteiger partial charge is 0.178 e. The van der Waals surface area contributed by atoms with Gasteiger partial charge in [0, 0.05) is 16.7 Å². The molecule has 0 aromatic carbocycles. The number of carbonyl (C=O) groups is 1. The number of hydrogen-bond donors (Lipinski definition) is 2. The van der Waals surface area contributed by atoms with Gasteiger partial charge in [0.25, 0.3) is 0 Å². The van der Waals surface area contributed by atoms with Crippen LogP contribution in [0.4, 0.5) is 0 Å². The second-order valence-corrected chi connectivity index (χ2v) is 11.0. The third-order valence-electron chi connectivity index (χ3n) is 9.25. The first-order valence-corrected chi connectivity index (χ1v) is 11.2. The fourth-order valence-electron chi connectivity index (χ4n) is 7.82. The van der Waals surface area contributed by atoms with Crippen molar-refractivity contribution in [2.75, 3.05) is 6.61 Å². The van der Waals surface area contributed by atoms with Crippen molar-refractivity contribution in [3.05, 3.63) is 23.8 Å².